The molecule has 4 nitrogen and oxygen atoms in total. The number of hydrogen-bond donors (Lipinski definition) is 1. The molecule has 0 spiro atoms. The summed E-state index contributed by atoms with van der Waals surface area (Å²) in [5.41, 5.74) is 0.0694. The van der Waals surface area contributed by atoms with Crippen LogP contribution in [0, 0.1) is 0 Å². The molecule has 0 bridgehead atoms. The minimum atomic E-state index is -2.84. The van der Waals surface area contributed by atoms with Gasteiger partial charge in [0.15, 0.2) is 9.84 Å². The summed E-state index contributed by atoms with van der Waals surface area (Å²) >= 11 is 0. The monoisotopic (exact) mass is 248 g/mol. The number of rotatable bonds is 5. The first kappa shape index (κ1) is 13.9. The maximum absolute atomic E-state index is 11.6. The summed E-state index contributed by atoms with van der Waals surface area (Å²) in [6.45, 7) is 9.72. The lowest BCUT2D eigenvalue weighted by Crippen LogP contribution is -2.58. The van der Waals surface area contributed by atoms with Gasteiger partial charge in [0.1, 0.15) is 0 Å². The molecule has 0 aromatic carbocycles. The molecule has 0 atom stereocenters. The summed E-state index contributed by atoms with van der Waals surface area (Å²) in [5, 5.41) is 3.34. The van der Waals surface area contributed by atoms with Gasteiger partial charge in [-0.15, -0.1) is 0 Å². The van der Waals surface area contributed by atoms with Gasteiger partial charge in [-0.05, 0) is 20.3 Å². The fourth-order valence-corrected chi connectivity index (χ4v) is 3.42. The van der Waals surface area contributed by atoms with Crippen LogP contribution in [0.1, 0.15) is 27.2 Å². The average molecular weight is 248 g/mol. The van der Waals surface area contributed by atoms with Crippen LogP contribution >= 0.6 is 0 Å². The Kier molecular flexibility index (Phi) is 4.76. The van der Waals surface area contributed by atoms with Crippen molar-refractivity contribution in [1.82, 2.24) is 10.2 Å². The Bertz CT molecular complexity index is 312. The maximum atomic E-state index is 11.6. The smallest absolute Gasteiger partial charge is 0.151 e. The van der Waals surface area contributed by atoms with E-state index in [1.54, 1.807) is 0 Å². The van der Waals surface area contributed by atoms with Gasteiger partial charge in [0.2, 0.25) is 0 Å². The zero-order valence-corrected chi connectivity index (χ0v) is 11.4. The largest absolute Gasteiger partial charge is 0.314 e. The predicted octanol–water partition coefficient (Wildman–Crippen LogP) is 0.495. The lowest BCUT2D eigenvalue weighted by Gasteiger charge is -2.42. The van der Waals surface area contributed by atoms with Crippen LogP contribution < -0.4 is 5.32 Å². The summed E-state index contributed by atoms with van der Waals surface area (Å²) in [5.74, 6) is 0.615. The summed E-state index contributed by atoms with van der Waals surface area (Å²) in [6.07, 6.45) is 0.716. The van der Waals surface area contributed by atoms with E-state index in [-0.39, 0.29) is 5.54 Å². The highest BCUT2D eigenvalue weighted by molar-refractivity contribution is 7.91. The van der Waals surface area contributed by atoms with Crippen molar-refractivity contribution in [3.05, 3.63) is 0 Å². The van der Waals surface area contributed by atoms with Crippen molar-refractivity contribution in [2.45, 2.75) is 32.7 Å². The van der Waals surface area contributed by atoms with Gasteiger partial charge in [-0.1, -0.05) is 6.92 Å². The molecular weight excluding hydrogens is 224 g/mol. The van der Waals surface area contributed by atoms with Gasteiger partial charge in [0.05, 0.1) is 5.75 Å². The molecule has 16 heavy (non-hydrogen) atoms. The molecule has 0 unspecified atom stereocenters. The Balaban J connectivity index is 2.48. The Morgan fingerprint density at radius 1 is 1.31 bits per heavy atom. The first-order valence-electron chi connectivity index (χ1n) is 6.03. The highest BCUT2D eigenvalue weighted by atomic mass is 32.2. The summed E-state index contributed by atoms with van der Waals surface area (Å²) in [7, 11) is -2.84. The molecule has 5 heteroatoms. The number of nitrogens with one attached hydrogen (secondary N) is 1. The molecule has 1 heterocycles. The van der Waals surface area contributed by atoms with Crippen LogP contribution in [0.5, 0.6) is 0 Å². The van der Waals surface area contributed by atoms with Crippen molar-refractivity contribution in [3.63, 3.8) is 0 Å². The zero-order valence-electron chi connectivity index (χ0n) is 10.6. The molecular formula is C11H24N2O2S. The van der Waals surface area contributed by atoms with E-state index in [0.717, 1.165) is 19.6 Å². The minimum absolute atomic E-state index is 0.0694. The fourth-order valence-electron chi connectivity index (χ4n) is 2.10. The lowest BCUT2D eigenvalue weighted by atomic mass is 10.0. The predicted molar refractivity (Wildman–Crippen MR) is 67.5 cm³/mol. The maximum Gasteiger partial charge on any atom is 0.151 e. The molecule has 0 amide bonds. The third-order valence-corrected chi connectivity index (χ3v) is 4.99. The molecule has 0 saturated carbocycles. The van der Waals surface area contributed by atoms with Crippen molar-refractivity contribution < 1.29 is 8.42 Å². The normalized spacial score (nSPS) is 22.2. The van der Waals surface area contributed by atoms with Gasteiger partial charge < -0.3 is 5.32 Å². The van der Waals surface area contributed by atoms with Gasteiger partial charge in [-0.25, -0.2) is 8.42 Å². The van der Waals surface area contributed by atoms with Crippen LogP contribution in [0.4, 0.5) is 0 Å². The van der Waals surface area contributed by atoms with E-state index >= 15 is 0 Å². The molecule has 1 aliphatic heterocycles. The standard InChI is InChI=1S/C11H24N2O2S/c1-4-8-16(14,15)9-7-13-6-5-12-10-11(13,2)3/h12H,4-10H2,1-3H3. The number of piperazine rings is 1. The SMILES string of the molecule is CCCS(=O)(=O)CCN1CCNCC1(C)C. The molecule has 96 valence electrons. The van der Waals surface area contributed by atoms with Crippen molar-refractivity contribution in [2.24, 2.45) is 0 Å². The van der Waals surface area contributed by atoms with Crippen LogP contribution in [0.15, 0.2) is 0 Å². The highest BCUT2D eigenvalue weighted by Crippen LogP contribution is 2.15. The van der Waals surface area contributed by atoms with Crippen LogP contribution in [-0.4, -0.2) is 56.5 Å². The molecule has 0 aromatic heterocycles. The molecule has 1 saturated heterocycles. The van der Waals surface area contributed by atoms with Crippen molar-refractivity contribution in [1.29, 1.82) is 0 Å². The molecule has 0 aliphatic carbocycles. The lowest BCUT2D eigenvalue weighted by molar-refractivity contribution is 0.0981. The van der Waals surface area contributed by atoms with Crippen molar-refractivity contribution in [2.75, 3.05) is 37.7 Å². The Morgan fingerprint density at radius 2 is 2.00 bits per heavy atom. The van der Waals surface area contributed by atoms with E-state index in [1.165, 1.54) is 0 Å². The van der Waals surface area contributed by atoms with Crippen LogP contribution in [-0.2, 0) is 9.84 Å². The van der Waals surface area contributed by atoms with Gasteiger partial charge >= 0.3 is 0 Å². The summed E-state index contributed by atoms with van der Waals surface area (Å²) in [4.78, 5) is 2.27. The van der Waals surface area contributed by atoms with Crippen molar-refractivity contribution in [3.8, 4) is 0 Å². The average Bonchev–Trinajstić information content (AvgIpc) is 2.15. The third-order valence-electron chi connectivity index (χ3n) is 3.16. The van der Waals surface area contributed by atoms with E-state index in [9.17, 15) is 8.42 Å². The molecule has 0 radical (unpaired) electrons. The quantitative estimate of drug-likeness (QED) is 0.769. The first-order valence-corrected chi connectivity index (χ1v) is 7.86. The second kappa shape index (κ2) is 5.47. The summed E-state index contributed by atoms with van der Waals surface area (Å²) < 4.78 is 23.3. The topological polar surface area (TPSA) is 49.4 Å². The van der Waals surface area contributed by atoms with Gasteiger partial charge in [-0.3, -0.25) is 4.90 Å². The van der Waals surface area contributed by atoms with E-state index in [1.807, 2.05) is 6.92 Å². The van der Waals surface area contributed by atoms with Crippen LogP contribution in [0.3, 0.4) is 0 Å². The second-order valence-electron chi connectivity index (χ2n) is 5.13. The van der Waals surface area contributed by atoms with Gasteiger partial charge in [0, 0.05) is 37.5 Å². The molecule has 1 fully saturated rings. The Labute approximate surface area is 99.3 Å². The first-order chi connectivity index (χ1) is 7.37. The molecule has 1 rings (SSSR count). The third kappa shape index (κ3) is 4.03. The zero-order chi connectivity index (χ0) is 12.2. The van der Waals surface area contributed by atoms with Crippen molar-refractivity contribution >= 4 is 9.84 Å². The number of nitrogens with zero attached hydrogens (tertiary/aromatic N) is 1. The summed E-state index contributed by atoms with van der Waals surface area (Å²) in [6, 6.07) is 0. The van der Waals surface area contributed by atoms with E-state index in [0.29, 0.717) is 24.5 Å². The van der Waals surface area contributed by atoms with E-state index in [2.05, 4.69) is 24.1 Å². The van der Waals surface area contributed by atoms with Crippen LogP contribution in [0.2, 0.25) is 0 Å². The Hall–Kier alpha value is -0.130. The molecule has 1 N–H and O–H groups in total. The minimum Gasteiger partial charge on any atom is -0.314 e. The second-order valence-corrected chi connectivity index (χ2v) is 7.43. The molecule has 0 aromatic rings. The number of sulfone groups is 1. The Morgan fingerprint density at radius 3 is 2.56 bits per heavy atom. The number of hydrogen-bond acceptors (Lipinski definition) is 4. The van der Waals surface area contributed by atoms with Gasteiger partial charge in [0.25, 0.3) is 0 Å². The van der Waals surface area contributed by atoms with Gasteiger partial charge in [-0.2, -0.15) is 0 Å². The van der Waals surface area contributed by atoms with Crippen LogP contribution in [0.25, 0.3) is 0 Å². The van der Waals surface area contributed by atoms with E-state index in [4.69, 9.17) is 0 Å². The fraction of sp³-hybridized carbons (Fsp3) is 1.00. The molecule has 1 aliphatic rings. The highest BCUT2D eigenvalue weighted by Gasteiger charge is 2.29. The van der Waals surface area contributed by atoms with E-state index < -0.39 is 9.84 Å².